The molecule has 1 atom stereocenters. The number of carbonyl (C=O) groups is 1. The number of benzene rings is 2. The molecule has 1 unspecified atom stereocenters. The van der Waals surface area contributed by atoms with Gasteiger partial charge in [0.15, 0.2) is 5.82 Å². The lowest BCUT2D eigenvalue weighted by Crippen LogP contribution is -2.24. The van der Waals surface area contributed by atoms with Gasteiger partial charge in [0.1, 0.15) is 18.1 Å². The molecule has 0 saturated carbocycles. The number of thioether (sulfide) groups is 1. The summed E-state index contributed by atoms with van der Waals surface area (Å²) < 4.78 is 36.6. The Balaban J connectivity index is 1.61. The number of para-hydroxylation sites is 2. The molecule has 1 amide bonds. The first-order chi connectivity index (χ1) is 15.2. The largest absolute Gasteiger partial charge is 0.486 e. The van der Waals surface area contributed by atoms with E-state index in [1.54, 1.807) is 13.0 Å². The second-order valence-corrected chi connectivity index (χ2v) is 8.31. The summed E-state index contributed by atoms with van der Waals surface area (Å²) in [5.41, 5.74) is 2.29. The number of aryl methyl sites for hydroxylation is 2. The number of halogens is 2. The van der Waals surface area contributed by atoms with Crippen molar-refractivity contribution in [1.82, 2.24) is 14.9 Å². The molecule has 3 aromatic rings. The highest BCUT2D eigenvalue weighted by Gasteiger charge is 2.21. The zero-order chi connectivity index (χ0) is 23.3. The molecule has 32 heavy (non-hydrogen) atoms. The van der Waals surface area contributed by atoms with E-state index in [1.165, 1.54) is 22.9 Å². The first-order valence-electron chi connectivity index (χ1n) is 9.64. The van der Waals surface area contributed by atoms with Gasteiger partial charge in [-0.05, 0) is 56.2 Å². The Morgan fingerprint density at radius 3 is 2.56 bits per heavy atom. The molecule has 0 radical (unpaired) electrons. The number of nitrogen functional groups attached to an aromatic ring is 1. The number of aromatic nitrogens is 3. The monoisotopic (exact) mass is 463 g/mol. The van der Waals surface area contributed by atoms with Crippen LogP contribution in [0.1, 0.15) is 23.9 Å². The Bertz CT molecular complexity index is 1070. The van der Waals surface area contributed by atoms with Crippen LogP contribution in [-0.4, -0.2) is 32.6 Å². The number of rotatable bonds is 9. The number of alkyl halides is 2. The summed E-state index contributed by atoms with van der Waals surface area (Å²) in [5, 5.41) is 10.3. The summed E-state index contributed by atoms with van der Waals surface area (Å²) in [4.78, 5) is 12.5. The number of nitrogens with one attached hydrogen (secondary N) is 1. The zero-order valence-corrected chi connectivity index (χ0v) is 18.5. The third-order valence-corrected chi connectivity index (χ3v) is 5.37. The van der Waals surface area contributed by atoms with Crippen molar-refractivity contribution in [2.45, 2.75) is 44.4 Å². The molecule has 170 valence electrons. The van der Waals surface area contributed by atoms with Crippen LogP contribution in [0.4, 0.5) is 14.5 Å². The third-order valence-electron chi connectivity index (χ3n) is 4.31. The van der Waals surface area contributed by atoms with Crippen LogP contribution in [0.3, 0.4) is 0 Å². The van der Waals surface area contributed by atoms with Gasteiger partial charge in [-0.2, -0.15) is 8.78 Å². The molecule has 0 aliphatic rings. The lowest BCUT2D eigenvalue weighted by atomic mass is 10.1. The molecule has 1 heterocycles. The van der Waals surface area contributed by atoms with E-state index in [1.807, 2.05) is 32.0 Å². The number of hydrogen-bond donors (Lipinski definition) is 2. The second kappa shape index (κ2) is 10.3. The molecule has 3 rings (SSSR count). The molecule has 1 aromatic heterocycles. The Hall–Kier alpha value is -3.34. The van der Waals surface area contributed by atoms with E-state index < -0.39 is 17.8 Å². The molecular weight excluding hydrogens is 440 g/mol. The number of anilines is 1. The summed E-state index contributed by atoms with van der Waals surface area (Å²) >= 11 is 1.07. The first kappa shape index (κ1) is 23.3. The first-order valence-corrected chi connectivity index (χ1v) is 10.5. The van der Waals surface area contributed by atoms with Gasteiger partial charge in [-0.1, -0.05) is 30.0 Å². The number of nitrogens with zero attached hydrogens (tertiary/aromatic N) is 3. The maximum atomic E-state index is 12.6. The van der Waals surface area contributed by atoms with Crippen molar-refractivity contribution in [3.8, 4) is 11.5 Å². The Kier molecular flexibility index (Phi) is 7.52. The van der Waals surface area contributed by atoms with E-state index in [0.717, 1.165) is 22.9 Å². The Labute approximate surface area is 188 Å². The smallest absolute Gasteiger partial charge is 0.387 e. The minimum absolute atomic E-state index is 0.103. The lowest BCUT2D eigenvalue weighted by Gasteiger charge is -2.14. The summed E-state index contributed by atoms with van der Waals surface area (Å²) in [7, 11) is 0. The molecule has 3 N–H and O–H groups in total. The van der Waals surface area contributed by atoms with Gasteiger partial charge in [-0.25, -0.2) is 4.68 Å². The van der Waals surface area contributed by atoms with Crippen LogP contribution in [0, 0.1) is 13.8 Å². The van der Waals surface area contributed by atoms with Crippen molar-refractivity contribution in [3.05, 3.63) is 59.4 Å². The maximum Gasteiger partial charge on any atom is 0.387 e. The van der Waals surface area contributed by atoms with Crippen LogP contribution in [0.15, 0.2) is 47.6 Å². The van der Waals surface area contributed by atoms with Crippen LogP contribution >= 0.6 is 11.8 Å². The van der Waals surface area contributed by atoms with Crippen molar-refractivity contribution in [2.75, 3.05) is 11.2 Å². The molecule has 0 spiro atoms. The fraction of sp³-hybridized carbons (Fsp3) is 0.286. The van der Waals surface area contributed by atoms with Crippen LogP contribution in [0.2, 0.25) is 0 Å². The highest BCUT2D eigenvalue weighted by atomic mass is 32.2. The zero-order valence-electron chi connectivity index (χ0n) is 17.7. The van der Waals surface area contributed by atoms with E-state index in [2.05, 4.69) is 20.3 Å². The van der Waals surface area contributed by atoms with Crippen molar-refractivity contribution >= 4 is 23.4 Å². The predicted molar refractivity (Wildman–Crippen MR) is 117 cm³/mol. The van der Waals surface area contributed by atoms with Gasteiger partial charge in [0.2, 0.25) is 11.1 Å². The van der Waals surface area contributed by atoms with Gasteiger partial charge in [0.05, 0.1) is 10.9 Å². The highest BCUT2D eigenvalue weighted by Crippen LogP contribution is 2.28. The SMILES string of the molecule is Cc1cc(C)cc(OCc2nnc(SC(C)C(=O)Nc3ccccc3OC(F)F)n2N)c1. The molecule has 0 aliphatic carbocycles. The Morgan fingerprint density at radius 1 is 1.19 bits per heavy atom. The summed E-state index contributed by atoms with van der Waals surface area (Å²) in [6, 6.07) is 11.8. The van der Waals surface area contributed by atoms with Gasteiger partial charge in [-0.3, -0.25) is 4.79 Å². The lowest BCUT2D eigenvalue weighted by molar-refractivity contribution is -0.115. The number of nitrogens with two attached hydrogens (primary N) is 1. The fourth-order valence-corrected chi connectivity index (χ4v) is 3.65. The third kappa shape index (κ3) is 6.10. The molecule has 0 saturated heterocycles. The summed E-state index contributed by atoms with van der Waals surface area (Å²) in [6.07, 6.45) is 0. The van der Waals surface area contributed by atoms with E-state index in [-0.39, 0.29) is 18.0 Å². The van der Waals surface area contributed by atoms with Crippen LogP contribution < -0.4 is 20.6 Å². The van der Waals surface area contributed by atoms with Crippen LogP contribution in [0.25, 0.3) is 0 Å². The van der Waals surface area contributed by atoms with Crippen molar-refractivity contribution in [1.29, 1.82) is 0 Å². The van der Waals surface area contributed by atoms with Gasteiger partial charge in [0, 0.05) is 0 Å². The van der Waals surface area contributed by atoms with E-state index in [0.29, 0.717) is 16.7 Å². The number of carbonyl (C=O) groups excluding carboxylic acids is 1. The second-order valence-electron chi connectivity index (χ2n) is 7.00. The molecule has 0 fully saturated rings. The average molecular weight is 464 g/mol. The molecule has 2 aromatic carbocycles. The summed E-state index contributed by atoms with van der Waals surface area (Å²) in [5.74, 6) is 6.58. The molecular formula is C21H23F2N5O3S. The molecule has 0 bridgehead atoms. The minimum atomic E-state index is -3.00. The fourth-order valence-electron chi connectivity index (χ4n) is 2.86. The van der Waals surface area contributed by atoms with E-state index in [4.69, 9.17) is 10.6 Å². The molecule has 0 aliphatic heterocycles. The van der Waals surface area contributed by atoms with Crippen molar-refractivity contribution < 1.29 is 23.0 Å². The quantitative estimate of drug-likeness (QED) is 0.366. The maximum absolute atomic E-state index is 12.6. The van der Waals surface area contributed by atoms with Crippen LogP contribution in [0.5, 0.6) is 11.5 Å². The van der Waals surface area contributed by atoms with Gasteiger partial charge in [0.25, 0.3) is 0 Å². The molecule has 8 nitrogen and oxygen atoms in total. The summed E-state index contributed by atoms with van der Waals surface area (Å²) in [6.45, 7) is 2.69. The minimum Gasteiger partial charge on any atom is -0.486 e. The van der Waals surface area contributed by atoms with Crippen LogP contribution in [-0.2, 0) is 11.4 Å². The van der Waals surface area contributed by atoms with Gasteiger partial charge in [-0.15, -0.1) is 10.2 Å². The standard InChI is InChI=1S/C21H23F2N5O3S/c1-12-8-13(2)10-15(9-12)30-11-18-26-27-21(28(18)24)32-14(3)19(29)25-16-6-4-5-7-17(16)31-20(22)23/h4-10,14,20H,11,24H2,1-3H3,(H,25,29). The van der Waals surface area contributed by atoms with E-state index in [9.17, 15) is 13.6 Å². The average Bonchev–Trinajstić information content (AvgIpc) is 3.06. The molecule has 11 heteroatoms. The van der Waals surface area contributed by atoms with E-state index >= 15 is 0 Å². The van der Waals surface area contributed by atoms with Crippen molar-refractivity contribution in [2.24, 2.45) is 0 Å². The number of hydrogen-bond acceptors (Lipinski definition) is 7. The number of ether oxygens (including phenoxy) is 2. The Morgan fingerprint density at radius 2 is 1.88 bits per heavy atom. The topological polar surface area (TPSA) is 104 Å². The van der Waals surface area contributed by atoms with Gasteiger partial charge >= 0.3 is 6.61 Å². The highest BCUT2D eigenvalue weighted by molar-refractivity contribution is 8.00. The van der Waals surface area contributed by atoms with Crippen molar-refractivity contribution in [3.63, 3.8) is 0 Å². The normalized spacial score (nSPS) is 11.9. The predicted octanol–water partition coefficient (Wildman–Crippen LogP) is 3.91. The van der Waals surface area contributed by atoms with Gasteiger partial charge < -0.3 is 20.6 Å². The number of amides is 1.